The molecule has 2 saturated carbocycles. The lowest BCUT2D eigenvalue weighted by Crippen LogP contribution is -2.36. The van der Waals surface area contributed by atoms with Gasteiger partial charge in [0.25, 0.3) is 0 Å². The maximum absolute atomic E-state index is 4.60. The zero-order valence-corrected chi connectivity index (χ0v) is 12.7. The van der Waals surface area contributed by atoms with Gasteiger partial charge >= 0.3 is 0 Å². The minimum atomic E-state index is 0.628. The maximum atomic E-state index is 4.60. The van der Waals surface area contributed by atoms with Crippen LogP contribution >= 0.6 is 0 Å². The summed E-state index contributed by atoms with van der Waals surface area (Å²) in [7, 11) is 2.16. The van der Waals surface area contributed by atoms with E-state index in [2.05, 4.69) is 34.2 Å². The molecule has 3 rings (SSSR count). The molecule has 0 spiro atoms. The van der Waals surface area contributed by atoms with Crippen molar-refractivity contribution in [3.05, 3.63) is 18.1 Å². The molecule has 0 aromatic carbocycles. The van der Waals surface area contributed by atoms with Gasteiger partial charge in [-0.15, -0.1) is 0 Å². The van der Waals surface area contributed by atoms with Gasteiger partial charge < -0.3 is 10.2 Å². The third kappa shape index (κ3) is 3.48. The van der Waals surface area contributed by atoms with Crippen molar-refractivity contribution in [2.45, 2.75) is 64.1 Å². The lowest BCUT2D eigenvalue weighted by Gasteiger charge is -2.34. The predicted octanol–water partition coefficient (Wildman–Crippen LogP) is 2.74. The second-order valence-electron chi connectivity index (χ2n) is 6.56. The summed E-state index contributed by atoms with van der Waals surface area (Å²) in [6.45, 7) is 3.21. The van der Waals surface area contributed by atoms with Crippen LogP contribution in [0.4, 0.5) is 5.82 Å². The van der Waals surface area contributed by atoms with E-state index in [9.17, 15) is 0 Å². The molecule has 0 saturated heterocycles. The van der Waals surface area contributed by atoms with E-state index in [1.165, 1.54) is 38.5 Å². The first kappa shape index (κ1) is 13.8. The van der Waals surface area contributed by atoms with Crippen LogP contribution in [-0.2, 0) is 6.54 Å². The van der Waals surface area contributed by atoms with Gasteiger partial charge in [0.15, 0.2) is 0 Å². The minimum Gasteiger partial charge on any atom is -0.355 e. The Bertz CT molecular complexity index is 427. The van der Waals surface area contributed by atoms with Crippen molar-refractivity contribution >= 4 is 5.82 Å². The van der Waals surface area contributed by atoms with Crippen LogP contribution in [-0.4, -0.2) is 29.1 Å². The summed E-state index contributed by atoms with van der Waals surface area (Å²) in [4.78, 5) is 11.5. The summed E-state index contributed by atoms with van der Waals surface area (Å²) in [6.07, 6.45) is 11.8. The largest absolute Gasteiger partial charge is 0.355 e. The first-order valence-electron chi connectivity index (χ1n) is 7.99. The van der Waals surface area contributed by atoms with Gasteiger partial charge in [0.1, 0.15) is 5.82 Å². The van der Waals surface area contributed by atoms with Crippen LogP contribution in [0.25, 0.3) is 0 Å². The fourth-order valence-corrected chi connectivity index (χ4v) is 3.10. The number of nitrogens with zero attached hydrogens (tertiary/aromatic N) is 3. The molecule has 0 radical (unpaired) electrons. The molecule has 1 N–H and O–H groups in total. The normalized spacial score (nSPS) is 26.5. The Kier molecular flexibility index (Phi) is 4.20. The summed E-state index contributed by atoms with van der Waals surface area (Å²) in [5.74, 6) is 1.85. The van der Waals surface area contributed by atoms with Crippen LogP contribution in [0.15, 0.2) is 12.4 Å². The number of hydrogen-bond acceptors (Lipinski definition) is 4. The monoisotopic (exact) mass is 274 g/mol. The molecule has 0 amide bonds. The molecule has 2 unspecified atom stereocenters. The lowest BCUT2D eigenvalue weighted by atomic mass is 9.86. The molecule has 20 heavy (non-hydrogen) atoms. The van der Waals surface area contributed by atoms with E-state index in [-0.39, 0.29) is 0 Å². The Hall–Kier alpha value is -1.16. The van der Waals surface area contributed by atoms with E-state index in [0.717, 1.165) is 30.0 Å². The van der Waals surface area contributed by atoms with Crippen LogP contribution < -0.4 is 10.2 Å². The number of nitrogens with one attached hydrogen (secondary N) is 1. The Balaban J connectivity index is 1.57. The van der Waals surface area contributed by atoms with Gasteiger partial charge in [0.2, 0.25) is 0 Å². The van der Waals surface area contributed by atoms with Crippen molar-refractivity contribution in [3.8, 4) is 0 Å². The molecule has 2 fully saturated rings. The molecular formula is C16H26N4. The molecule has 4 heteroatoms. The van der Waals surface area contributed by atoms with Gasteiger partial charge in [0.05, 0.1) is 18.1 Å². The van der Waals surface area contributed by atoms with Crippen molar-refractivity contribution in [1.82, 2.24) is 15.3 Å². The van der Waals surface area contributed by atoms with E-state index in [4.69, 9.17) is 0 Å². The Morgan fingerprint density at radius 3 is 2.70 bits per heavy atom. The standard InChI is InChI=1S/C16H26N4/c1-12-4-3-5-15(8-12)20(2)16-11-18-14(10-19-16)9-17-13-6-7-13/h10-13,15,17H,3-9H2,1-2H3. The number of hydrogen-bond donors (Lipinski definition) is 1. The summed E-state index contributed by atoms with van der Waals surface area (Å²) >= 11 is 0. The number of aromatic nitrogens is 2. The molecule has 1 aromatic heterocycles. The third-order valence-corrected chi connectivity index (χ3v) is 4.66. The molecule has 1 heterocycles. The molecule has 2 aliphatic carbocycles. The summed E-state index contributed by atoms with van der Waals surface area (Å²) in [5.41, 5.74) is 1.05. The number of rotatable bonds is 5. The molecule has 2 aliphatic rings. The quantitative estimate of drug-likeness (QED) is 0.896. The fourth-order valence-electron chi connectivity index (χ4n) is 3.10. The molecular weight excluding hydrogens is 248 g/mol. The highest BCUT2D eigenvalue weighted by Gasteiger charge is 2.23. The fraction of sp³-hybridized carbons (Fsp3) is 0.750. The van der Waals surface area contributed by atoms with E-state index in [0.29, 0.717) is 6.04 Å². The smallest absolute Gasteiger partial charge is 0.147 e. The van der Waals surface area contributed by atoms with Gasteiger partial charge in [0, 0.05) is 25.7 Å². The van der Waals surface area contributed by atoms with E-state index >= 15 is 0 Å². The van der Waals surface area contributed by atoms with Crippen LogP contribution in [0.3, 0.4) is 0 Å². The third-order valence-electron chi connectivity index (χ3n) is 4.66. The highest BCUT2D eigenvalue weighted by molar-refractivity contribution is 5.36. The minimum absolute atomic E-state index is 0.628. The van der Waals surface area contributed by atoms with E-state index < -0.39 is 0 Å². The maximum Gasteiger partial charge on any atom is 0.147 e. The van der Waals surface area contributed by atoms with Crippen LogP contribution in [0, 0.1) is 5.92 Å². The summed E-state index contributed by atoms with van der Waals surface area (Å²) < 4.78 is 0. The highest BCUT2D eigenvalue weighted by atomic mass is 15.2. The van der Waals surface area contributed by atoms with Crippen LogP contribution in [0.1, 0.15) is 51.1 Å². The molecule has 2 atom stereocenters. The van der Waals surface area contributed by atoms with Crippen LogP contribution in [0.5, 0.6) is 0 Å². The molecule has 0 bridgehead atoms. The second-order valence-corrected chi connectivity index (χ2v) is 6.56. The van der Waals surface area contributed by atoms with Crippen molar-refractivity contribution in [2.24, 2.45) is 5.92 Å². The zero-order chi connectivity index (χ0) is 13.9. The van der Waals surface area contributed by atoms with Gasteiger partial charge in [-0.05, 0) is 31.6 Å². The SMILES string of the molecule is CC1CCCC(N(C)c2cnc(CNC3CC3)cn2)C1. The van der Waals surface area contributed by atoms with Gasteiger partial charge in [-0.1, -0.05) is 19.8 Å². The van der Waals surface area contributed by atoms with Crippen LogP contribution in [0.2, 0.25) is 0 Å². The Morgan fingerprint density at radius 1 is 1.20 bits per heavy atom. The van der Waals surface area contributed by atoms with Crippen molar-refractivity contribution in [1.29, 1.82) is 0 Å². The topological polar surface area (TPSA) is 41.1 Å². The predicted molar refractivity (Wildman–Crippen MR) is 81.7 cm³/mol. The summed E-state index contributed by atoms with van der Waals surface area (Å²) in [6, 6.07) is 1.35. The first-order valence-corrected chi connectivity index (χ1v) is 7.99. The van der Waals surface area contributed by atoms with E-state index in [1.807, 2.05) is 12.4 Å². The molecule has 110 valence electrons. The Morgan fingerprint density at radius 2 is 2.05 bits per heavy atom. The van der Waals surface area contributed by atoms with Gasteiger partial charge in [-0.2, -0.15) is 0 Å². The van der Waals surface area contributed by atoms with Crippen molar-refractivity contribution < 1.29 is 0 Å². The zero-order valence-electron chi connectivity index (χ0n) is 12.7. The van der Waals surface area contributed by atoms with E-state index in [1.54, 1.807) is 0 Å². The first-order chi connectivity index (χ1) is 9.72. The molecule has 4 nitrogen and oxygen atoms in total. The summed E-state index contributed by atoms with van der Waals surface area (Å²) in [5, 5.41) is 3.47. The Labute approximate surface area is 122 Å². The average molecular weight is 274 g/mol. The van der Waals surface area contributed by atoms with Gasteiger partial charge in [-0.3, -0.25) is 4.98 Å². The second kappa shape index (κ2) is 6.08. The molecule has 1 aromatic rings. The number of anilines is 1. The van der Waals surface area contributed by atoms with Crippen molar-refractivity contribution in [2.75, 3.05) is 11.9 Å². The lowest BCUT2D eigenvalue weighted by molar-refractivity contribution is 0.335. The van der Waals surface area contributed by atoms with Crippen molar-refractivity contribution in [3.63, 3.8) is 0 Å². The van der Waals surface area contributed by atoms with Gasteiger partial charge in [-0.25, -0.2) is 4.98 Å². The average Bonchev–Trinajstić information content (AvgIpc) is 3.29. The highest BCUT2D eigenvalue weighted by Crippen LogP contribution is 2.28. The molecule has 0 aliphatic heterocycles.